The molecule has 0 bridgehead atoms. The number of ether oxygens (including phenoxy) is 2. The van der Waals surface area contributed by atoms with Crippen LogP contribution in [0.4, 0.5) is 11.4 Å². The molecule has 154 valence electrons. The minimum atomic E-state index is 0.457. The molecule has 0 saturated heterocycles. The van der Waals surface area contributed by atoms with E-state index in [1.165, 1.54) is 22.3 Å². The van der Waals surface area contributed by atoms with E-state index in [9.17, 15) is 0 Å². The lowest BCUT2D eigenvalue weighted by Crippen LogP contribution is -2.00. The lowest BCUT2D eigenvalue weighted by atomic mass is 10.1. The smallest absolute Gasteiger partial charge is 0.120 e. The minimum absolute atomic E-state index is 0.457. The molecule has 0 heterocycles. The van der Waals surface area contributed by atoms with Crippen LogP contribution >= 0.6 is 0 Å². The van der Waals surface area contributed by atoms with Gasteiger partial charge >= 0.3 is 0 Å². The Morgan fingerprint density at radius 1 is 0.581 bits per heavy atom. The van der Waals surface area contributed by atoms with Crippen LogP contribution in [0.2, 0.25) is 0 Å². The molecule has 4 heteroatoms. The van der Waals surface area contributed by atoms with Gasteiger partial charge in [-0.1, -0.05) is 48.5 Å². The molecule has 4 N–H and O–H groups in total. The van der Waals surface area contributed by atoms with Gasteiger partial charge in [-0.05, 0) is 65.1 Å². The van der Waals surface area contributed by atoms with Crippen molar-refractivity contribution in [1.29, 1.82) is 0 Å². The fourth-order valence-electron chi connectivity index (χ4n) is 4.00. The summed E-state index contributed by atoms with van der Waals surface area (Å²) in [6, 6.07) is 28.1. The van der Waals surface area contributed by atoms with E-state index in [2.05, 4.69) is 24.3 Å². The first-order valence-corrected chi connectivity index (χ1v) is 10.4. The summed E-state index contributed by atoms with van der Waals surface area (Å²) in [7, 11) is 0. The van der Waals surface area contributed by atoms with Gasteiger partial charge in [0.1, 0.15) is 24.7 Å². The van der Waals surface area contributed by atoms with Crippen molar-refractivity contribution >= 4 is 11.4 Å². The molecule has 0 amide bonds. The standard InChI is InChI=1S/C27H24N2O2/c28-26-7-3-1-5-18(26)16-30-22-9-11-24-20(14-22)13-21-15-23(10-12-25(21)24)31-17-19-6-2-4-8-27(19)29/h1-12,14-15H,13,16-17,28-29H2. The topological polar surface area (TPSA) is 70.5 Å². The predicted molar refractivity (Wildman–Crippen MR) is 125 cm³/mol. The van der Waals surface area contributed by atoms with Gasteiger partial charge in [-0.2, -0.15) is 0 Å². The van der Waals surface area contributed by atoms with Gasteiger partial charge in [0.25, 0.3) is 0 Å². The lowest BCUT2D eigenvalue weighted by molar-refractivity contribution is 0.306. The number of fused-ring (bicyclic) bond motifs is 3. The molecule has 0 atom stereocenters. The highest BCUT2D eigenvalue weighted by Crippen LogP contribution is 2.40. The third kappa shape index (κ3) is 3.92. The van der Waals surface area contributed by atoms with Crippen molar-refractivity contribution in [3.8, 4) is 22.6 Å². The number of para-hydroxylation sites is 2. The molecule has 0 spiro atoms. The van der Waals surface area contributed by atoms with Gasteiger partial charge < -0.3 is 20.9 Å². The maximum Gasteiger partial charge on any atom is 0.120 e. The van der Waals surface area contributed by atoms with E-state index in [4.69, 9.17) is 20.9 Å². The third-order valence-corrected chi connectivity index (χ3v) is 5.72. The van der Waals surface area contributed by atoms with E-state index in [0.717, 1.165) is 40.4 Å². The number of benzene rings is 4. The normalized spacial score (nSPS) is 11.6. The zero-order valence-corrected chi connectivity index (χ0v) is 17.2. The molecule has 0 radical (unpaired) electrons. The van der Waals surface area contributed by atoms with Crippen LogP contribution in [-0.4, -0.2) is 0 Å². The van der Waals surface area contributed by atoms with Crippen molar-refractivity contribution < 1.29 is 9.47 Å². The van der Waals surface area contributed by atoms with Crippen molar-refractivity contribution in [2.75, 3.05) is 11.5 Å². The van der Waals surface area contributed by atoms with Crippen molar-refractivity contribution in [2.45, 2.75) is 19.6 Å². The quantitative estimate of drug-likeness (QED) is 0.360. The second-order valence-corrected chi connectivity index (χ2v) is 7.79. The third-order valence-electron chi connectivity index (χ3n) is 5.72. The Balaban J connectivity index is 1.29. The molecule has 0 fully saturated rings. The van der Waals surface area contributed by atoms with Crippen LogP contribution in [0.1, 0.15) is 22.3 Å². The Bertz CT molecular complexity index is 1150. The number of anilines is 2. The lowest BCUT2D eigenvalue weighted by Gasteiger charge is -2.10. The molecule has 4 aromatic carbocycles. The average molecular weight is 409 g/mol. The van der Waals surface area contributed by atoms with Crippen LogP contribution in [0.5, 0.6) is 11.5 Å². The molecular weight excluding hydrogens is 384 g/mol. The number of nitrogen functional groups attached to an aromatic ring is 2. The van der Waals surface area contributed by atoms with Gasteiger partial charge in [0.05, 0.1) is 0 Å². The summed E-state index contributed by atoms with van der Waals surface area (Å²) < 4.78 is 12.0. The van der Waals surface area contributed by atoms with Crippen molar-refractivity contribution in [3.05, 3.63) is 107 Å². The maximum atomic E-state index is 6.02. The highest BCUT2D eigenvalue weighted by atomic mass is 16.5. The second kappa shape index (κ2) is 8.07. The van der Waals surface area contributed by atoms with Gasteiger partial charge in [-0.15, -0.1) is 0 Å². The zero-order valence-electron chi connectivity index (χ0n) is 17.2. The largest absolute Gasteiger partial charge is 0.489 e. The van der Waals surface area contributed by atoms with Crippen molar-refractivity contribution in [2.24, 2.45) is 0 Å². The highest BCUT2D eigenvalue weighted by molar-refractivity contribution is 5.78. The van der Waals surface area contributed by atoms with Crippen molar-refractivity contribution in [1.82, 2.24) is 0 Å². The summed E-state index contributed by atoms with van der Waals surface area (Å²) in [5.41, 5.74) is 20.5. The highest BCUT2D eigenvalue weighted by Gasteiger charge is 2.20. The first-order valence-electron chi connectivity index (χ1n) is 10.4. The van der Waals surface area contributed by atoms with Crippen LogP contribution < -0.4 is 20.9 Å². The number of nitrogens with two attached hydrogens (primary N) is 2. The summed E-state index contributed by atoms with van der Waals surface area (Å²) >= 11 is 0. The molecule has 1 aliphatic rings. The van der Waals surface area contributed by atoms with Gasteiger partial charge in [0, 0.05) is 22.5 Å². The Morgan fingerprint density at radius 2 is 1.03 bits per heavy atom. The van der Waals surface area contributed by atoms with Gasteiger partial charge in [0.2, 0.25) is 0 Å². The Kier molecular flexibility index (Phi) is 4.97. The summed E-state index contributed by atoms with van der Waals surface area (Å²) in [6.07, 6.45) is 0.861. The van der Waals surface area contributed by atoms with Crippen LogP contribution in [0.3, 0.4) is 0 Å². The van der Waals surface area contributed by atoms with Gasteiger partial charge in [-0.3, -0.25) is 0 Å². The Morgan fingerprint density at radius 3 is 1.48 bits per heavy atom. The summed E-state index contributed by atoms with van der Waals surface area (Å²) in [5, 5.41) is 0. The van der Waals surface area contributed by atoms with E-state index < -0.39 is 0 Å². The van der Waals surface area contributed by atoms with Crippen LogP contribution in [0.25, 0.3) is 11.1 Å². The summed E-state index contributed by atoms with van der Waals surface area (Å²) in [6.45, 7) is 0.915. The molecule has 0 aromatic heterocycles. The molecule has 31 heavy (non-hydrogen) atoms. The number of hydrogen-bond donors (Lipinski definition) is 2. The van der Waals surface area contributed by atoms with Crippen LogP contribution in [0, 0.1) is 0 Å². The van der Waals surface area contributed by atoms with E-state index in [1.54, 1.807) is 0 Å². The molecule has 0 unspecified atom stereocenters. The number of hydrogen-bond acceptors (Lipinski definition) is 4. The number of rotatable bonds is 6. The van der Waals surface area contributed by atoms with Crippen molar-refractivity contribution in [3.63, 3.8) is 0 Å². The van der Waals surface area contributed by atoms with E-state index in [0.29, 0.717) is 13.2 Å². The second-order valence-electron chi connectivity index (χ2n) is 7.79. The maximum absolute atomic E-state index is 6.02. The average Bonchev–Trinajstić information content (AvgIpc) is 3.15. The predicted octanol–water partition coefficient (Wildman–Crippen LogP) is 5.58. The monoisotopic (exact) mass is 408 g/mol. The Labute approximate surface area is 182 Å². The first-order chi connectivity index (χ1) is 15.2. The van der Waals surface area contributed by atoms with E-state index >= 15 is 0 Å². The van der Waals surface area contributed by atoms with Crippen LogP contribution in [0.15, 0.2) is 84.9 Å². The molecular formula is C27H24N2O2. The molecule has 1 aliphatic carbocycles. The first kappa shape index (κ1) is 19.1. The van der Waals surface area contributed by atoms with E-state index in [1.807, 2.05) is 60.7 Å². The molecule has 5 rings (SSSR count). The van der Waals surface area contributed by atoms with E-state index in [-0.39, 0.29) is 0 Å². The van der Waals surface area contributed by atoms with Crippen LogP contribution in [-0.2, 0) is 19.6 Å². The molecule has 4 nitrogen and oxygen atoms in total. The summed E-state index contributed by atoms with van der Waals surface area (Å²) in [5.74, 6) is 1.71. The van der Waals surface area contributed by atoms with Gasteiger partial charge in [-0.25, -0.2) is 0 Å². The molecule has 0 saturated carbocycles. The SMILES string of the molecule is Nc1ccccc1COc1ccc2c(c1)Cc1cc(OCc3ccccc3N)ccc1-2. The fraction of sp³-hybridized carbons (Fsp3) is 0.111. The minimum Gasteiger partial charge on any atom is -0.489 e. The van der Waals surface area contributed by atoms with Gasteiger partial charge in [0.15, 0.2) is 0 Å². The Hall–Kier alpha value is -3.92. The summed E-state index contributed by atoms with van der Waals surface area (Å²) in [4.78, 5) is 0. The fourth-order valence-corrected chi connectivity index (χ4v) is 4.00. The molecule has 4 aromatic rings. The molecule has 0 aliphatic heterocycles. The zero-order chi connectivity index (χ0) is 21.2.